The molecule has 0 heterocycles. The quantitative estimate of drug-likeness (QED) is 0.361. The normalized spacial score (nSPS) is 25.2. The molecule has 0 spiro atoms. The molecule has 0 saturated heterocycles. The molecule has 0 atom stereocenters. The van der Waals surface area contributed by atoms with E-state index in [2.05, 4.69) is 6.58 Å². The highest BCUT2D eigenvalue weighted by Gasteiger charge is 2.29. The number of ether oxygens (including phenoxy) is 2. The molecule has 2 saturated carbocycles. The average Bonchev–Trinajstić information content (AvgIpc) is 2.86. The number of rotatable bonds is 8. The molecule has 0 radical (unpaired) electrons. The van der Waals surface area contributed by atoms with E-state index in [0.717, 1.165) is 51.4 Å². The summed E-state index contributed by atoms with van der Waals surface area (Å²) in [7, 11) is 0. The molecule has 2 nitrogen and oxygen atoms in total. The summed E-state index contributed by atoms with van der Waals surface area (Å²) in [6.45, 7) is 6.40. The third-order valence-electron chi connectivity index (χ3n) is 7.61. The Morgan fingerprint density at radius 2 is 1.44 bits per heavy atom. The number of benzene rings is 2. The number of halogens is 3. The topological polar surface area (TPSA) is 18.5 Å². The van der Waals surface area contributed by atoms with Crippen molar-refractivity contribution in [2.45, 2.75) is 82.8 Å². The predicted molar refractivity (Wildman–Crippen MR) is 129 cm³/mol. The first kappa shape index (κ1) is 24.8. The van der Waals surface area contributed by atoms with Crippen molar-refractivity contribution in [1.82, 2.24) is 0 Å². The summed E-state index contributed by atoms with van der Waals surface area (Å²) < 4.78 is 55.6. The smallest absolute Gasteiger partial charge is 0.162 e. The molecule has 34 heavy (non-hydrogen) atoms. The Labute approximate surface area is 201 Å². The fourth-order valence-electron chi connectivity index (χ4n) is 5.53. The van der Waals surface area contributed by atoms with Crippen LogP contribution in [-0.4, -0.2) is 12.7 Å². The second-order valence-electron chi connectivity index (χ2n) is 9.69. The molecule has 0 bridgehead atoms. The lowest BCUT2D eigenvalue weighted by Crippen LogP contribution is -2.22. The first-order valence-electron chi connectivity index (χ1n) is 12.6. The van der Waals surface area contributed by atoms with Crippen molar-refractivity contribution in [3.05, 3.63) is 77.1 Å². The Morgan fingerprint density at radius 1 is 0.853 bits per heavy atom. The maximum absolute atomic E-state index is 15.1. The monoisotopic (exact) mass is 472 g/mol. The molecule has 0 aromatic heterocycles. The van der Waals surface area contributed by atoms with Gasteiger partial charge in [0.2, 0.25) is 0 Å². The van der Waals surface area contributed by atoms with Gasteiger partial charge in [-0.1, -0.05) is 24.3 Å². The van der Waals surface area contributed by atoms with Crippen molar-refractivity contribution in [1.29, 1.82) is 0 Å². The highest BCUT2D eigenvalue weighted by Crippen LogP contribution is 2.41. The minimum atomic E-state index is -0.677. The molecule has 0 aliphatic heterocycles. The van der Waals surface area contributed by atoms with Crippen molar-refractivity contribution in [2.24, 2.45) is 5.92 Å². The number of hydrogen-bond acceptors (Lipinski definition) is 2. The minimum absolute atomic E-state index is 0.00514. The molecule has 2 aliphatic carbocycles. The molecule has 2 fully saturated rings. The van der Waals surface area contributed by atoms with Gasteiger partial charge in [-0.05, 0) is 93.2 Å². The van der Waals surface area contributed by atoms with Gasteiger partial charge < -0.3 is 9.47 Å². The van der Waals surface area contributed by atoms with Gasteiger partial charge in [0, 0.05) is 11.6 Å². The van der Waals surface area contributed by atoms with Gasteiger partial charge in [0.05, 0.1) is 19.3 Å². The summed E-state index contributed by atoms with van der Waals surface area (Å²) in [6, 6.07) is 8.42. The van der Waals surface area contributed by atoms with Gasteiger partial charge >= 0.3 is 0 Å². The second-order valence-corrected chi connectivity index (χ2v) is 9.69. The Balaban J connectivity index is 1.31. The van der Waals surface area contributed by atoms with Gasteiger partial charge in [0.25, 0.3) is 0 Å². The van der Waals surface area contributed by atoms with E-state index in [9.17, 15) is 4.39 Å². The Bertz CT molecular complexity index is 974. The molecule has 4 rings (SSSR count). The Morgan fingerprint density at radius 3 is 1.97 bits per heavy atom. The third-order valence-corrected chi connectivity index (χ3v) is 7.61. The summed E-state index contributed by atoms with van der Waals surface area (Å²) in [6.07, 6.45) is 8.67. The molecular formula is C29H35F3O2. The average molecular weight is 473 g/mol. The van der Waals surface area contributed by atoms with Crippen LogP contribution in [0.3, 0.4) is 0 Å². The van der Waals surface area contributed by atoms with Gasteiger partial charge in [0.1, 0.15) is 11.6 Å². The van der Waals surface area contributed by atoms with Gasteiger partial charge in [0.15, 0.2) is 11.6 Å². The lowest BCUT2D eigenvalue weighted by Gasteiger charge is -2.30. The predicted octanol–water partition coefficient (Wildman–Crippen LogP) is 8.21. The van der Waals surface area contributed by atoms with E-state index in [1.807, 2.05) is 19.1 Å². The number of hydrogen-bond donors (Lipinski definition) is 0. The van der Waals surface area contributed by atoms with Crippen LogP contribution in [0.25, 0.3) is 0 Å². The maximum atomic E-state index is 15.1. The SMILES string of the molecule is C=CC1CCC(c2ccc(C3CCC(OCc4ccc(OCC)cc4F)CC3)c(F)c2F)CC1. The zero-order chi connectivity index (χ0) is 24.1. The van der Waals surface area contributed by atoms with E-state index in [1.165, 1.54) is 6.07 Å². The summed E-state index contributed by atoms with van der Waals surface area (Å²) in [4.78, 5) is 0. The van der Waals surface area contributed by atoms with E-state index in [-0.39, 0.29) is 30.4 Å². The van der Waals surface area contributed by atoms with Crippen LogP contribution in [0.15, 0.2) is 43.0 Å². The first-order chi connectivity index (χ1) is 16.5. The van der Waals surface area contributed by atoms with E-state index in [1.54, 1.807) is 18.2 Å². The van der Waals surface area contributed by atoms with Crippen LogP contribution in [0.4, 0.5) is 13.2 Å². The molecule has 5 heteroatoms. The van der Waals surface area contributed by atoms with E-state index >= 15 is 8.78 Å². The molecule has 2 aromatic carbocycles. The van der Waals surface area contributed by atoms with Crippen LogP contribution >= 0.6 is 0 Å². The molecule has 0 unspecified atom stereocenters. The summed E-state index contributed by atoms with van der Waals surface area (Å²) in [5.74, 6) is -0.599. The molecule has 2 aromatic rings. The van der Waals surface area contributed by atoms with Crippen LogP contribution in [0.5, 0.6) is 5.75 Å². The van der Waals surface area contributed by atoms with Crippen molar-refractivity contribution >= 4 is 0 Å². The van der Waals surface area contributed by atoms with Crippen LogP contribution < -0.4 is 4.74 Å². The maximum Gasteiger partial charge on any atom is 0.162 e. The zero-order valence-electron chi connectivity index (χ0n) is 20.0. The molecule has 2 aliphatic rings. The highest BCUT2D eigenvalue weighted by atomic mass is 19.2. The van der Waals surface area contributed by atoms with Gasteiger partial charge in [-0.2, -0.15) is 0 Å². The van der Waals surface area contributed by atoms with Gasteiger partial charge in [-0.15, -0.1) is 6.58 Å². The Kier molecular flexibility index (Phi) is 8.36. The minimum Gasteiger partial charge on any atom is -0.494 e. The van der Waals surface area contributed by atoms with Crippen molar-refractivity contribution in [2.75, 3.05) is 6.61 Å². The largest absolute Gasteiger partial charge is 0.494 e. The van der Waals surface area contributed by atoms with Crippen molar-refractivity contribution in [3.63, 3.8) is 0 Å². The fraction of sp³-hybridized carbons (Fsp3) is 0.517. The number of allylic oxidation sites excluding steroid dienone is 1. The van der Waals surface area contributed by atoms with Crippen LogP contribution in [0.2, 0.25) is 0 Å². The van der Waals surface area contributed by atoms with E-state index < -0.39 is 11.6 Å². The lowest BCUT2D eigenvalue weighted by molar-refractivity contribution is 0.0118. The molecule has 184 valence electrons. The zero-order valence-corrected chi connectivity index (χ0v) is 20.0. The van der Waals surface area contributed by atoms with E-state index in [4.69, 9.17) is 9.47 Å². The summed E-state index contributed by atoms with van der Waals surface area (Å²) in [5, 5.41) is 0. The summed E-state index contributed by atoms with van der Waals surface area (Å²) >= 11 is 0. The molecular weight excluding hydrogens is 437 g/mol. The fourth-order valence-corrected chi connectivity index (χ4v) is 5.53. The van der Waals surface area contributed by atoms with E-state index in [0.29, 0.717) is 35.0 Å². The van der Waals surface area contributed by atoms with Crippen molar-refractivity contribution in [3.8, 4) is 5.75 Å². The summed E-state index contributed by atoms with van der Waals surface area (Å²) in [5.41, 5.74) is 1.51. The highest BCUT2D eigenvalue weighted by molar-refractivity contribution is 5.32. The third kappa shape index (κ3) is 5.68. The van der Waals surface area contributed by atoms with Crippen LogP contribution in [0, 0.1) is 23.4 Å². The molecule has 0 amide bonds. The van der Waals surface area contributed by atoms with Crippen LogP contribution in [-0.2, 0) is 11.3 Å². The lowest BCUT2D eigenvalue weighted by atomic mass is 9.77. The van der Waals surface area contributed by atoms with Crippen LogP contribution in [0.1, 0.15) is 86.8 Å². The second kappa shape index (κ2) is 11.4. The Hall–Kier alpha value is -2.27. The van der Waals surface area contributed by atoms with Gasteiger partial charge in [-0.3, -0.25) is 0 Å². The van der Waals surface area contributed by atoms with Gasteiger partial charge in [-0.25, -0.2) is 13.2 Å². The van der Waals surface area contributed by atoms with Crippen molar-refractivity contribution < 1.29 is 22.6 Å². The first-order valence-corrected chi connectivity index (χ1v) is 12.6. The molecule has 0 N–H and O–H groups in total. The standard InChI is InChI=1S/C29H35F3O2/c1-3-19-5-7-20(8-6-19)25-15-16-26(29(32)28(25)31)21-9-12-23(13-10-21)34-18-22-11-14-24(33-4-2)17-27(22)30/h3,11,14-17,19-21,23H,1,4-10,12-13,18H2,2H3.